The van der Waals surface area contributed by atoms with Crippen LogP contribution in [0, 0.1) is 22.7 Å². The van der Waals surface area contributed by atoms with Crippen LogP contribution < -0.4 is 0 Å². The molecule has 0 fully saturated rings. The summed E-state index contributed by atoms with van der Waals surface area (Å²) in [6.07, 6.45) is 0.665. The number of hydrogen-bond acceptors (Lipinski definition) is 3. The molecule has 1 N–H and O–H groups in total. The van der Waals surface area contributed by atoms with Crippen LogP contribution in [0.5, 0.6) is 0 Å². The molecule has 0 saturated carbocycles. The zero-order chi connectivity index (χ0) is 17.0. The maximum absolute atomic E-state index is 12.6. The third-order valence-electron chi connectivity index (χ3n) is 4.35. The lowest BCUT2D eigenvalue weighted by Crippen LogP contribution is -2.47. The second kappa shape index (κ2) is 7.28. The van der Waals surface area contributed by atoms with E-state index < -0.39 is 17.4 Å². The van der Waals surface area contributed by atoms with Crippen molar-refractivity contribution in [2.75, 3.05) is 0 Å². The van der Waals surface area contributed by atoms with Gasteiger partial charge in [-0.2, -0.15) is 0 Å². The summed E-state index contributed by atoms with van der Waals surface area (Å²) in [5.74, 6) is -1.65. The normalized spacial score (nSPS) is 16.7. The van der Waals surface area contributed by atoms with Crippen molar-refractivity contribution < 1.29 is 19.4 Å². The minimum atomic E-state index is -1.45. The Morgan fingerprint density at radius 2 is 1.52 bits per heavy atom. The number of hydrogen-bond donors (Lipinski definition) is 1. The molecule has 0 radical (unpaired) electrons. The third-order valence-corrected chi connectivity index (χ3v) is 4.35. The van der Waals surface area contributed by atoms with Crippen LogP contribution in [0.15, 0.2) is 0 Å². The van der Waals surface area contributed by atoms with E-state index in [9.17, 15) is 14.7 Å². The maximum Gasteiger partial charge on any atom is 0.324 e. The van der Waals surface area contributed by atoms with Crippen molar-refractivity contribution in [2.45, 2.75) is 74.3 Å². The Balaban J connectivity index is 5.38. The molecule has 0 aromatic carbocycles. The van der Waals surface area contributed by atoms with Crippen LogP contribution in [0.3, 0.4) is 0 Å². The van der Waals surface area contributed by atoms with E-state index in [-0.39, 0.29) is 17.4 Å². The molecule has 2 atom stereocenters. The molecule has 4 heteroatoms. The van der Waals surface area contributed by atoms with Crippen molar-refractivity contribution >= 4 is 11.9 Å². The molecule has 4 nitrogen and oxygen atoms in total. The molecule has 0 amide bonds. The highest BCUT2D eigenvalue weighted by Crippen LogP contribution is 2.37. The smallest absolute Gasteiger partial charge is 0.324 e. The summed E-state index contributed by atoms with van der Waals surface area (Å²) < 4.78 is 5.52. The average molecular weight is 300 g/mol. The number of carboxylic acid groups (broad SMARTS) is 1. The Bertz CT molecular complexity index is 365. The summed E-state index contributed by atoms with van der Waals surface area (Å²) in [7, 11) is 0. The summed E-state index contributed by atoms with van der Waals surface area (Å²) >= 11 is 0. The van der Waals surface area contributed by atoms with E-state index in [1.807, 2.05) is 41.5 Å². The van der Waals surface area contributed by atoms with Crippen molar-refractivity contribution in [2.24, 2.45) is 22.7 Å². The largest absolute Gasteiger partial charge is 0.480 e. The molecule has 21 heavy (non-hydrogen) atoms. The van der Waals surface area contributed by atoms with Gasteiger partial charge in [-0.3, -0.25) is 9.59 Å². The number of rotatable bonds is 7. The first kappa shape index (κ1) is 19.9. The summed E-state index contributed by atoms with van der Waals surface area (Å²) in [5.41, 5.74) is -1.67. The number of carboxylic acids is 1. The van der Waals surface area contributed by atoms with Crippen LogP contribution in [0.1, 0.15) is 68.2 Å². The Kier molecular flexibility index (Phi) is 6.91. The van der Waals surface area contributed by atoms with Crippen molar-refractivity contribution in [3.8, 4) is 0 Å². The van der Waals surface area contributed by atoms with E-state index in [0.717, 1.165) is 0 Å². The minimum absolute atomic E-state index is 0.213. The van der Waals surface area contributed by atoms with E-state index in [4.69, 9.17) is 4.74 Å². The monoisotopic (exact) mass is 300 g/mol. The van der Waals surface area contributed by atoms with Gasteiger partial charge in [-0.15, -0.1) is 0 Å². The first-order valence-electron chi connectivity index (χ1n) is 7.80. The lowest BCUT2D eigenvalue weighted by Gasteiger charge is -2.35. The predicted octanol–water partition coefficient (Wildman–Crippen LogP) is 4.13. The van der Waals surface area contributed by atoms with Crippen LogP contribution in [-0.2, 0) is 14.3 Å². The number of esters is 1. The molecule has 0 aliphatic carbocycles. The first-order chi connectivity index (χ1) is 9.35. The van der Waals surface area contributed by atoms with E-state index in [0.29, 0.717) is 18.8 Å². The molecule has 2 unspecified atom stereocenters. The van der Waals surface area contributed by atoms with Crippen LogP contribution in [0.2, 0.25) is 0 Å². The molecule has 0 heterocycles. The second-order valence-corrected chi connectivity index (χ2v) is 7.78. The summed E-state index contributed by atoms with van der Waals surface area (Å²) in [6.45, 7) is 15.3. The van der Waals surface area contributed by atoms with Gasteiger partial charge in [-0.25, -0.2) is 0 Å². The van der Waals surface area contributed by atoms with Crippen LogP contribution in [-0.4, -0.2) is 23.1 Å². The molecule has 0 aromatic rings. The first-order valence-corrected chi connectivity index (χ1v) is 7.80. The quantitative estimate of drug-likeness (QED) is 0.567. The van der Waals surface area contributed by atoms with Crippen molar-refractivity contribution in [3.63, 3.8) is 0 Å². The molecular weight excluding hydrogens is 268 g/mol. The van der Waals surface area contributed by atoms with Gasteiger partial charge >= 0.3 is 11.9 Å². The van der Waals surface area contributed by atoms with E-state index in [2.05, 4.69) is 0 Å². The fraction of sp³-hybridized carbons (Fsp3) is 0.882. The van der Waals surface area contributed by atoms with E-state index >= 15 is 0 Å². The standard InChI is InChI=1S/C17H32O4/c1-11(2)9-10-17(12(3)4,14(18)19)15(20)21-13(5)16(6,7)8/h11-13H,9-10H2,1-8H3,(H,18,19). The zero-order valence-electron chi connectivity index (χ0n) is 14.8. The highest BCUT2D eigenvalue weighted by Gasteiger charge is 2.51. The molecular formula is C17H32O4. The van der Waals surface area contributed by atoms with Crippen LogP contribution >= 0.6 is 0 Å². The van der Waals surface area contributed by atoms with E-state index in [1.54, 1.807) is 13.8 Å². The summed E-state index contributed by atoms with van der Waals surface area (Å²) in [6, 6.07) is 0. The fourth-order valence-electron chi connectivity index (χ4n) is 2.03. The molecule has 0 aliphatic heterocycles. The highest BCUT2D eigenvalue weighted by molar-refractivity contribution is 5.99. The second-order valence-electron chi connectivity index (χ2n) is 7.78. The summed E-state index contributed by atoms with van der Waals surface area (Å²) in [4.78, 5) is 24.5. The fourth-order valence-corrected chi connectivity index (χ4v) is 2.03. The number of carbonyl (C=O) groups is 2. The molecule has 0 spiro atoms. The topological polar surface area (TPSA) is 63.6 Å². The Morgan fingerprint density at radius 3 is 1.81 bits per heavy atom. The van der Waals surface area contributed by atoms with Crippen LogP contribution in [0.4, 0.5) is 0 Å². The van der Waals surface area contributed by atoms with Crippen molar-refractivity contribution in [3.05, 3.63) is 0 Å². The Labute approximate surface area is 129 Å². The minimum Gasteiger partial charge on any atom is -0.480 e. The van der Waals surface area contributed by atoms with Gasteiger partial charge < -0.3 is 9.84 Å². The lowest BCUT2D eigenvalue weighted by atomic mass is 9.72. The molecule has 0 aromatic heterocycles. The number of aliphatic carboxylic acids is 1. The molecule has 0 aliphatic rings. The van der Waals surface area contributed by atoms with Gasteiger partial charge in [-0.1, -0.05) is 48.5 Å². The van der Waals surface area contributed by atoms with Crippen molar-refractivity contribution in [1.29, 1.82) is 0 Å². The van der Waals surface area contributed by atoms with Gasteiger partial charge in [-0.05, 0) is 37.0 Å². The van der Waals surface area contributed by atoms with Gasteiger partial charge in [0, 0.05) is 0 Å². The lowest BCUT2D eigenvalue weighted by molar-refractivity contribution is -0.180. The van der Waals surface area contributed by atoms with Gasteiger partial charge in [0.25, 0.3) is 0 Å². The van der Waals surface area contributed by atoms with E-state index in [1.165, 1.54) is 0 Å². The average Bonchev–Trinajstić information content (AvgIpc) is 2.26. The molecule has 124 valence electrons. The predicted molar refractivity (Wildman–Crippen MR) is 84.0 cm³/mol. The molecule has 0 bridgehead atoms. The van der Waals surface area contributed by atoms with Crippen LogP contribution in [0.25, 0.3) is 0 Å². The van der Waals surface area contributed by atoms with Gasteiger partial charge in [0.05, 0.1) is 0 Å². The van der Waals surface area contributed by atoms with Gasteiger partial charge in [0.15, 0.2) is 5.41 Å². The third kappa shape index (κ3) is 5.01. The molecule has 0 saturated heterocycles. The van der Waals surface area contributed by atoms with Crippen molar-refractivity contribution in [1.82, 2.24) is 0 Å². The van der Waals surface area contributed by atoms with Gasteiger partial charge in [0.1, 0.15) is 6.10 Å². The zero-order valence-corrected chi connectivity index (χ0v) is 14.8. The van der Waals surface area contributed by atoms with Gasteiger partial charge in [0.2, 0.25) is 0 Å². The molecule has 0 rings (SSSR count). The Morgan fingerprint density at radius 1 is 1.05 bits per heavy atom. The maximum atomic E-state index is 12.6. The summed E-state index contributed by atoms with van der Waals surface area (Å²) in [5, 5.41) is 9.69. The number of ether oxygens (including phenoxy) is 1. The SMILES string of the molecule is CC(C)CCC(C(=O)O)(C(=O)OC(C)C(C)(C)C)C(C)C. The highest BCUT2D eigenvalue weighted by atomic mass is 16.5. The Hall–Kier alpha value is -1.06. The number of carbonyl (C=O) groups excluding carboxylic acids is 1.